The fourth-order valence-corrected chi connectivity index (χ4v) is 2.29. The molecular weight excluding hydrogens is 260 g/mol. The second-order valence-corrected chi connectivity index (χ2v) is 4.81. The van der Waals surface area contributed by atoms with E-state index in [4.69, 9.17) is 10.2 Å². The Hall–Kier alpha value is -2.20. The van der Waals surface area contributed by atoms with E-state index < -0.39 is 0 Å². The maximum atomic E-state index is 13.5. The summed E-state index contributed by atoms with van der Waals surface area (Å²) < 4.78 is 32.3. The van der Waals surface area contributed by atoms with Crippen molar-refractivity contribution in [3.63, 3.8) is 0 Å². The smallest absolute Gasteiger partial charge is 0.135 e. The normalized spacial score (nSPS) is 12.8. The molecule has 0 amide bonds. The van der Waals surface area contributed by atoms with Gasteiger partial charge >= 0.3 is 0 Å². The summed E-state index contributed by atoms with van der Waals surface area (Å²) in [5.74, 6) is -0.218. The summed E-state index contributed by atoms with van der Waals surface area (Å²) in [5, 5.41) is 0.639. The third-order valence-electron chi connectivity index (χ3n) is 3.25. The fraction of sp³-hybridized carbons (Fsp3) is 0.125. The van der Waals surface area contributed by atoms with Gasteiger partial charge in [-0.25, -0.2) is 8.78 Å². The van der Waals surface area contributed by atoms with Gasteiger partial charge in [-0.1, -0.05) is 6.07 Å². The minimum Gasteiger partial charge on any atom is -0.456 e. The maximum Gasteiger partial charge on any atom is 0.135 e. The standard InChI is InChI=1S/C16H13F2NO/c1-9(19)13-4-2-12(18)8-14(13)16-7-10-6-11(17)3-5-15(10)20-16/h2-9H,19H2,1H3. The molecule has 0 bridgehead atoms. The van der Waals surface area contributed by atoms with Crippen LogP contribution in [0.4, 0.5) is 8.78 Å². The largest absolute Gasteiger partial charge is 0.456 e. The zero-order chi connectivity index (χ0) is 14.3. The first-order valence-electron chi connectivity index (χ1n) is 6.29. The zero-order valence-electron chi connectivity index (χ0n) is 10.9. The Balaban J connectivity index is 2.22. The van der Waals surface area contributed by atoms with E-state index >= 15 is 0 Å². The minimum absolute atomic E-state index is 0.254. The molecule has 4 heteroatoms. The molecule has 2 nitrogen and oxygen atoms in total. The second kappa shape index (κ2) is 4.72. The summed E-state index contributed by atoms with van der Waals surface area (Å²) >= 11 is 0. The Kier molecular flexibility index (Phi) is 3.03. The molecule has 0 fully saturated rings. The van der Waals surface area contributed by atoms with Crippen molar-refractivity contribution in [2.75, 3.05) is 0 Å². The number of halogens is 2. The van der Waals surface area contributed by atoms with Crippen LogP contribution in [0.2, 0.25) is 0 Å². The van der Waals surface area contributed by atoms with Gasteiger partial charge in [0.25, 0.3) is 0 Å². The van der Waals surface area contributed by atoms with Gasteiger partial charge in [-0.15, -0.1) is 0 Å². The molecule has 3 rings (SSSR count). The first-order chi connectivity index (χ1) is 9.54. The molecule has 102 valence electrons. The number of nitrogens with two attached hydrogens (primary N) is 1. The quantitative estimate of drug-likeness (QED) is 0.751. The SMILES string of the molecule is CC(N)c1ccc(F)cc1-c1cc2cc(F)ccc2o1. The highest BCUT2D eigenvalue weighted by molar-refractivity contribution is 5.83. The maximum absolute atomic E-state index is 13.5. The van der Waals surface area contributed by atoms with Crippen molar-refractivity contribution in [3.8, 4) is 11.3 Å². The number of furan rings is 1. The van der Waals surface area contributed by atoms with Crippen molar-refractivity contribution in [2.24, 2.45) is 5.73 Å². The summed E-state index contributed by atoms with van der Waals surface area (Å²) in [5.41, 5.74) is 7.83. The molecule has 1 unspecified atom stereocenters. The third kappa shape index (κ3) is 2.18. The number of rotatable bonds is 2. The van der Waals surface area contributed by atoms with Crippen LogP contribution in [0.15, 0.2) is 46.9 Å². The molecule has 1 heterocycles. The minimum atomic E-state index is -0.365. The van der Waals surface area contributed by atoms with Crippen molar-refractivity contribution in [3.05, 3.63) is 59.7 Å². The van der Waals surface area contributed by atoms with E-state index in [1.165, 1.54) is 24.3 Å². The Bertz CT molecular complexity index is 777. The van der Waals surface area contributed by atoms with E-state index in [9.17, 15) is 8.78 Å². The molecule has 0 saturated carbocycles. The number of fused-ring (bicyclic) bond motifs is 1. The molecule has 0 aliphatic rings. The lowest BCUT2D eigenvalue weighted by Gasteiger charge is -2.10. The van der Waals surface area contributed by atoms with Gasteiger partial charge in [0, 0.05) is 17.0 Å². The van der Waals surface area contributed by atoms with Gasteiger partial charge in [-0.3, -0.25) is 0 Å². The predicted octanol–water partition coefficient (Wildman–Crippen LogP) is 4.40. The predicted molar refractivity (Wildman–Crippen MR) is 74.2 cm³/mol. The summed E-state index contributed by atoms with van der Waals surface area (Å²) in [4.78, 5) is 0. The molecule has 0 aliphatic heterocycles. The van der Waals surface area contributed by atoms with Gasteiger partial charge < -0.3 is 10.2 Å². The lowest BCUT2D eigenvalue weighted by atomic mass is 10.00. The van der Waals surface area contributed by atoms with Crippen molar-refractivity contribution in [1.82, 2.24) is 0 Å². The van der Waals surface area contributed by atoms with E-state index in [1.807, 2.05) is 6.92 Å². The summed E-state index contributed by atoms with van der Waals surface area (Å²) in [7, 11) is 0. The first-order valence-corrected chi connectivity index (χ1v) is 6.29. The van der Waals surface area contributed by atoms with Crippen LogP contribution in [-0.2, 0) is 0 Å². The summed E-state index contributed by atoms with van der Waals surface area (Å²) in [6.45, 7) is 1.82. The van der Waals surface area contributed by atoms with Gasteiger partial charge in [0.2, 0.25) is 0 Å². The Morgan fingerprint density at radius 2 is 1.70 bits per heavy atom. The average molecular weight is 273 g/mol. The monoisotopic (exact) mass is 273 g/mol. The Morgan fingerprint density at radius 1 is 1.00 bits per heavy atom. The molecule has 0 aliphatic carbocycles. The lowest BCUT2D eigenvalue weighted by molar-refractivity contribution is 0.611. The summed E-state index contributed by atoms with van der Waals surface area (Å²) in [6, 6.07) is 10.1. The van der Waals surface area contributed by atoms with Crippen molar-refractivity contribution in [1.29, 1.82) is 0 Å². The van der Waals surface area contributed by atoms with E-state index in [1.54, 1.807) is 18.2 Å². The highest BCUT2D eigenvalue weighted by Gasteiger charge is 2.14. The van der Waals surface area contributed by atoms with Gasteiger partial charge in [0.15, 0.2) is 0 Å². The molecule has 3 aromatic rings. The number of benzene rings is 2. The lowest BCUT2D eigenvalue weighted by Crippen LogP contribution is -2.06. The Morgan fingerprint density at radius 3 is 2.45 bits per heavy atom. The molecule has 20 heavy (non-hydrogen) atoms. The molecule has 1 aromatic heterocycles. The van der Waals surface area contributed by atoms with Crippen LogP contribution >= 0.6 is 0 Å². The molecule has 0 radical (unpaired) electrons. The van der Waals surface area contributed by atoms with Crippen LogP contribution < -0.4 is 5.73 Å². The van der Waals surface area contributed by atoms with E-state index in [-0.39, 0.29) is 17.7 Å². The van der Waals surface area contributed by atoms with Gasteiger partial charge in [-0.2, -0.15) is 0 Å². The molecule has 2 aromatic carbocycles. The average Bonchev–Trinajstić information content (AvgIpc) is 2.81. The van der Waals surface area contributed by atoms with Crippen LogP contribution in [0, 0.1) is 11.6 Å². The number of hydrogen-bond acceptors (Lipinski definition) is 2. The van der Waals surface area contributed by atoms with Crippen molar-refractivity contribution in [2.45, 2.75) is 13.0 Å². The van der Waals surface area contributed by atoms with Gasteiger partial charge in [0.1, 0.15) is 23.0 Å². The van der Waals surface area contributed by atoms with Crippen LogP contribution in [0.5, 0.6) is 0 Å². The van der Waals surface area contributed by atoms with Crippen LogP contribution in [0.25, 0.3) is 22.3 Å². The Labute approximate surface area is 114 Å². The highest BCUT2D eigenvalue weighted by Crippen LogP contribution is 2.33. The van der Waals surface area contributed by atoms with Crippen LogP contribution in [0.3, 0.4) is 0 Å². The summed E-state index contributed by atoms with van der Waals surface area (Å²) in [6.07, 6.45) is 0. The molecule has 2 N–H and O–H groups in total. The van der Waals surface area contributed by atoms with E-state index in [2.05, 4.69) is 0 Å². The topological polar surface area (TPSA) is 39.2 Å². The van der Waals surface area contributed by atoms with E-state index in [0.717, 1.165) is 5.56 Å². The molecular formula is C16H13F2NO. The zero-order valence-corrected chi connectivity index (χ0v) is 10.9. The fourth-order valence-electron chi connectivity index (χ4n) is 2.29. The molecule has 1 atom stereocenters. The van der Waals surface area contributed by atoms with Crippen molar-refractivity contribution < 1.29 is 13.2 Å². The molecule has 0 spiro atoms. The first kappa shape index (κ1) is 12.8. The van der Waals surface area contributed by atoms with Gasteiger partial charge in [0.05, 0.1) is 0 Å². The molecule has 0 saturated heterocycles. The number of hydrogen-bond donors (Lipinski definition) is 1. The van der Waals surface area contributed by atoms with Crippen molar-refractivity contribution >= 4 is 11.0 Å². The highest BCUT2D eigenvalue weighted by atomic mass is 19.1. The second-order valence-electron chi connectivity index (χ2n) is 4.81. The van der Waals surface area contributed by atoms with Crippen LogP contribution in [-0.4, -0.2) is 0 Å². The van der Waals surface area contributed by atoms with E-state index in [0.29, 0.717) is 22.3 Å². The third-order valence-corrected chi connectivity index (χ3v) is 3.25. The van der Waals surface area contributed by atoms with Gasteiger partial charge in [-0.05, 0) is 48.9 Å². The van der Waals surface area contributed by atoms with Crippen LogP contribution in [0.1, 0.15) is 18.5 Å².